The third-order valence-corrected chi connectivity index (χ3v) is 4.79. The van der Waals surface area contributed by atoms with Crippen LogP contribution in [-0.2, 0) is 19.4 Å². The van der Waals surface area contributed by atoms with Crippen LogP contribution in [0.3, 0.4) is 0 Å². The molecule has 1 amide bonds. The van der Waals surface area contributed by atoms with E-state index < -0.39 is 0 Å². The zero-order valence-corrected chi connectivity index (χ0v) is 13.1. The van der Waals surface area contributed by atoms with Crippen molar-refractivity contribution < 1.29 is 4.79 Å². The van der Waals surface area contributed by atoms with Gasteiger partial charge in [-0.2, -0.15) is 0 Å². The first-order valence-electron chi connectivity index (χ1n) is 8.34. The molecule has 1 unspecified atom stereocenters. The Morgan fingerprint density at radius 1 is 1.30 bits per heavy atom. The molecule has 2 aliphatic rings. The SMILES string of the molecule is O=C(NC1CCc2nncn2CC1)c1cccc2c1NCCC2. The lowest BCUT2D eigenvalue weighted by molar-refractivity contribution is 0.0933. The number of para-hydroxylation sites is 1. The van der Waals surface area contributed by atoms with Crippen LogP contribution in [0.2, 0.25) is 0 Å². The van der Waals surface area contributed by atoms with Crippen LogP contribution in [0, 0.1) is 0 Å². The second-order valence-corrected chi connectivity index (χ2v) is 6.31. The Bertz CT molecular complexity index is 701. The third-order valence-electron chi connectivity index (χ3n) is 4.79. The molecular formula is C17H21N5O. The summed E-state index contributed by atoms with van der Waals surface area (Å²) in [6.07, 6.45) is 6.63. The molecule has 1 atom stereocenters. The average Bonchev–Trinajstić information content (AvgIpc) is 2.96. The molecule has 2 N–H and O–H groups in total. The molecule has 6 nitrogen and oxygen atoms in total. The van der Waals surface area contributed by atoms with Crippen molar-refractivity contribution in [2.24, 2.45) is 0 Å². The second-order valence-electron chi connectivity index (χ2n) is 6.31. The third kappa shape index (κ3) is 2.81. The maximum Gasteiger partial charge on any atom is 0.253 e. The van der Waals surface area contributed by atoms with E-state index in [0.717, 1.165) is 62.3 Å². The normalized spacial score (nSPS) is 19.9. The van der Waals surface area contributed by atoms with Crippen LogP contribution >= 0.6 is 0 Å². The molecule has 120 valence electrons. The van der Waals surface area contributed by atoms with Gasteiger partial charge in [-0.05, 0) is 37.3 Å². The van der Waals surface area contributed by atoms with E-state index in [2.05, 4.69) is 31.5 Å². The van der Waals surface area contributed by atoms with Gasteiger partial charge in [-0.25, -0.2) is 0 Å². The summed E-state index contributed by atoms with van der Waals surface area (Å²) < 4.78 is 2.08. The highest BCUT2D eigenvalue weighted by Gasteiger charge is 2.22. The van der Waals surface area contributed by atoms with Gasteiger partial charge in [0.2, 0.25) is 0 Å². The number of aromatic nitrogens is 3. The Morgan fingerprint density at radius 3 is 3.22 bits per heavy atom. The minimum absolute atomic E-state index is 0.0268. The number of hydrogen-bond donors (Lipinski definition) is 2. The Morgan fingerprint density at radius 2 is 2.26 bits per heavy atom. The highest BCUT2D eigenvalue weighted by atomic mass is 16.1. The standard InChI is InChI=1S/C17H21N5O/c23-17(14-5-1-3-12-4-2-9-18-16(12)14)20-13-6-7-15-21-19-11-22(15)10-8-13/h1,3,5,11,13,18H,2,4,6-10H2,(H,20,23). The lowest BCUT2D eigenvalue weighted by atomic mass is 9.98. The molecule has 1 aromatic carbocycles. The first-order valence-corrected chi connectivity index (χ1v) is 8.34. The number of benzene rings is 1. The van der Waals surface area contributed by atoms with Crippen LogP contribution in [-0.4, -0.2) is 33.3 Å². The summed E-state index contributed by atoms with van der Waals surface area (Å²) in [5, 5.41) is 14.7. The number of fused-ring (bicyclic) bond motifs is 2. The van der Waals surface area contributed by atoms with Gasteiger partial charge in [0.15, 0.2) is 0 Å². The van der Waals surface area contributed by atoms with Crippen molar-refractivity contribution in [3.8, 4) is 0 Å². The molecule has 0 bridgehead atoms. The van der Waals surface area contributed by atoms with Crippen molar-refractivity contribution >= 4 is 11.6 Å². The highest BCUT2D eigenvalue weighted by Crippen LogP contribution is 2.26. The van der Waals surface area contributed by atoms with Crippen LogP contribution < -0.4 is 10.6 Å². The van der Waals surface area contributed by atoms with E-state index >= 15 is 0 Å². The van der Waals surface area contributed by atoms with Crippen molar-refractivity contribution in [3.63, 3.8) is 0 Å². The summed E-state index contributed by atoms with van der Waals surface area (Å²) >= 11 is 0. The number of amides is 1. The van der Waals surface area contributed by atoms with Gasteiger partial charge in [0, 0.05) is 25.6 Å². The van der Waals surface area contributed by atoms with Gasteiger partial charge >= 0.3 is 0 Å². The summed E-state index contributed by atoms with van der Waals surface area (Å²) in [6, 6.07) is 6.19. The van der Waals surface area contributed by atoms with Gasteiger partial charge in [0.05, 0.1) is 11.3 Å². The van der Waals surface area contributed by atoms with Crippen molar-refractivity contribution in [1.82, 2.24) is 20.1 Å². The average molecular weight is 311 g/mol. The summed E-state index contributed by atoms with van der Waals surface area (Å²) in [5.74, 6) is 1.04. The predicted molar refractivity (Wildman–Crippen MR) is 87.5 cm³/mol. The summed E-state index contributed by atoms with van der Waals surface area (Å²) in [5.41, 5.74) is 3.03. The van der Waals surface area contributed by atoms with Gasteiger partial charge in [0.25, 0.3) is 5.91 Å². The number of hydrogen-bond acceptors (Lipinski definition) is 4. The molecule has 1 aromatic heterocycles. The molecule has 0 saturated carbocycles. The van der Waals surface area contributed by atoms with E-state index in [-0.39, 0.29) is 11.9 Å². The molecule has 2 aliphatic heterocycles. The lowest BCUT2D eigenvalue weighted by Crippen LogP contribution is -2.36. The Kier molecular flexibility index (Phi) is 3.73. The molecule has 0 aliphatic carbocycles. The first kappa shape index (κ1) is 14.2. The van der Waals surface area contributed by atoms with Crippen molar-refractivity contribution in [1.29, 1.82) is 0 Å². The minimum Gasteiger partial charge on any atom is -0.384 e. The Labute approximate surface area is 135 Å². The van der Waals surface area contributed by atoms with Crippen LogP contribution in [0.15, 0.2) is 24.5 Å². The van der Waals surface area contributed by atoms with Gasteiger partial charge in [0.1, 0.15) is 12.2 Å². The van der Waals surface area contributed by atoms with E-state index in [1.54, 1.807) is 6.33 Å². The van der Waals surface area contributed by atoms with Crippen molar-refractivity contribution in [2.45, 2.75) is 44.7 Å². The number of anilines is 1. The molecular weight excluding hydrogens is 290 g/mol. The fourth-order valence-electron chi connectivity index (χ4n) is 3.51. The van der Waals surface area contributed by atoms with Crippen LogP contribution in [0.4, 0.5) is 5.69 Å². The molecule has 0 spiro atoms. The molecule has 0 fully saturated rings. The first-order chi connectivity index (χ1) is 11.3. The molecule has 6 heteroatoms. The summed E-state index contributed by atoms with van der Waals surface area (Å²) in [7, 11) is 0. The van der Waals surface area contributed by atoms with Gasteiger partial charge in [-0.3, -0.25) is 4.79 Å². The molecule has 2 aromatic rings. The summed E-state index contributed by atoms with van der Waals surface area (Å²) in [6.45, 7) is 1.80. The monoisotopic (exact) mass is 311 g/mol. The molecule has 4 rings (SSSR count). The topological polar surface area (TPSA) is 71.8 Å². The molecule has 0 saturated heterocycles. The van der Waals surface area contributed by atoms with Gasteiger partial charge < -0.3 is 15.2 Å². The van der Waals surface area contributed by atoms with E-state index in [9.17, 15) is 4.79 Å². The zero-order chi connectivity index (χ0) is 15.6. The van der Waals surface area contributed by atoms with E-state index in [0.29, 0.717) is 0 Å². The van der Waals surface area contributed by atoms with E-state index in [1.807, 2.05) is 12.1 Å². The number of carbonyl (C=O) groups excluding carboxylic acids is 1. The van der Waals surface area contributed by atoms with Gasteiger partial charge in [-0.15, -0.1) is 10.2 Å². The van der Waals surface area contributed by atoms with Crippen molar-refractivity contribution in [2.75, 3.05) is 11.9 Å². The Hall–Kier alpha value is -2.37. The number of rotatable bonds is 2. The lowest BCUT2D eigenvalue weighted by Gasteiger charge is -2.22. The fraction of sp³-hybridized carbons (Fsp3) is 0.471. The van der Waals surface area contributed by atoms with Crippen molar-refractivity contribution in [3.05, 3.63) is 41.5 Å². The second kappa shape index (κ2) is 6.02. The smallest absolute Gasteiger partial charge is 0.253 e. The quantitative estimate of drug-likeness (QED) is 0.887. The number of aryl methyl sites for hydroxylation is 3. The number of nitrogens with zero attached hydrogens (tertiary/aromatic N) is 3. The number of carbonyl (C=O) groups is 1. The predicted octanol–water partition coefficient (Wildman–Crippen LogP) is 1.77. The minimum atomic E-state index is 0.0268. The van der Waals surface area contributed by atoms with Gasteiger partial charge in [-0.1, -0.05) is 12.1 Å². The highest BCUT2D eigenvalue weighted by molar-refractivity contribution is 6.00. The maximum absolute atomic E-state index is 12.7. The molecule has 23 heavy (non-hydrogen) atoms. The fourth-order valence-corrected chi connectivity index (χ4v) is 3.51. The van der Waals surface area contributed by atoms with E-state index in [4.69, 9.17) is 0 Å². The number of nitrogens with one attached hydrogen (secondary N) is 2. The van der Waals surface area contributed by atoms with Crippen LogP contribution in [0.25, 0.3) is 0 Å². The Balaban J connectivity index is 1.47. The molecule has 3 heterocycles. The maximum atomic E-state index is 12.7. The van der Waals surface area contributed by atoms with Crippen LogP contribution in [0.1, 0.15) is 41.0 Å². The van der Waals surface area contributed by atoms with E-state index in [1.165, 1.54) is 5.56 Å². The van der Waals surface area contributed by atoms with Crippen LogP contribution in [0.5, 0.6) is 0 Å². The zero-order valence-electron chi connectivity index (χ0n) is 13.1. The largest absolute Gasteiger partial charge is 0.384 e. The summed E-state index contributed by atoms with van der Waals surface area (Å²) in [4.78, 5) is 12.7. The molecule has 0 radical (unpaired) electrons.